The number of carbonyl (C=O) groups excluding carboxylic acids is 2. The van der Waals surface area contributed by atoms with Crippen LogP contribution >= 0.6 is 0 Å². The molecule has 3 heterocycles. The summed E-state index contributed by atoms with van der Waals surface area (Å²) < 4.78 is 130. The van der Waals surface area contributed by atoms with Crippen LogP contribution < -0.4 is 5.32 Å². The first-order valence-corrected chi connectivity index (χ1v) is 13.3. The maximum Gasteiger partial charge on any atom is 0.449 e. The Kier molecular flexibility index (Phi) is 9.13. The Morgan fingerprint density at radius 1 is 0.978 bits per heavy atom. The van der Waals surface area contributed by atoms with Gasteiger partial charge in [-0.2, -0.15) is 26.3 Å². The number of hydrogen-bond acceptors (Lipinski definition) is 5. The number of rotatable bonds is 6. The van der Waals surface area contributed by atoms with Crippen LogP contribution in [0.3, 0.4) is 0 Å². The summed E-state index contributed by atoms with van der Waals surface area (Å²) in [6.45, 7) is 3.19. The number of nitrogens with zero attached hydrogens (tertiary/aromatic N) is 4. The van der Waals surface area contributed by atoms with Gasteiger partial charge in [0.15, 0.2) is 11.6 Å². The second-order valence-corrected chi connectivity index (χ2v) is 11.2. The highest BCUT2D eigenvalue weighted by molar-refractivity contribution is 5.79. The standard InChI is InChI=1S/C28H26F9N5O3/c1-26(2,3)45-25(44)39-15(8-14-9-19(30)20(31)11-18(14)29)10-22(43)41-6-7-42-21(13-41)23(40-24(42)28(35,36)37)16-12-38-5-4-17(16)27(32,33)34/h4-5,9,11-12,15H,6-8,10,13H2,1-3H3,(H,39,44). The summed E-state index contributed by atoms with van der Waals surface area (Å²) in [6.07, 6.45) is -10.6. The van der Waals surface area contributed by atoms with Crippen LogP contribution in [0.4, 0.5) is 44.3 Å². The van der Waals surface area contributed by atoms with Gasteiger partial charge in [-0.1, -0.05) is 0 Å². The average molecular weight is 652 g/mol. The van der Waals surface area contributed by atoms with Gasteiger partial charge in [-0.05, 0) is 44.9 Å². The first-order chi connectivity index (χ1) is 20.7. The molecule has 45 heavy (non-hydrogen) atoms. The number of benzene rings is 1. The van der Waals surface area contributed by atoms with E-state index in [1.807, 2.05) is 0 Å². The topological polar surface area (TPSA) is 89.4 Å². The van der Waals surface area contributed by atoms with Crippen molar-refractivity contribution in [3.63, 3.8) is 0 Å². The van der Waals surface area contributed by atoms with Crippen molar-refractivity contribution in [1.29, 1.82) is 0 Å². The highest BCUT2D eigenvalue weighted by Crippen LogP contribution is 2.41. The fourth-order valence-corrected chi connectivity index (χ4v) is 4.82. The number of ether oxygens (including phenoxy) is 1. The summed E-state index contributed by atoms with van der Waals surface area (Å²) in [5, 5.41) is 2.37. The van der Waals surface area contributed by atoms with Crippen LogP contribution in [0.5, 0.6) is 0 Å². The molecule has 244 valence electrons. The monoisotopic (exact) mass is 651 g/mol. The molecule has 0 aliphatic carbocycles. The summed E-state index contributed by atoms with van der Waals surface area (Å²) in [7, 11) is 0. The van der Waals surface area contributed by atoms with Gasteiger partial charge in [0, 0.05) is 49.6 Å². The maximum absolute atomic E-state index is 14.4. The van der Waals surface area contributed by atoms with Crippen LogP contribution in [0.1, 0.15) is 49.8 Å². The number of imidazole rings is 1. The number of pyridine rings is 1. The van der Waals surface area contributed by atoms with E-state index in [0.717, 1.165) is 17.3 Å². The third kappa shape index (κ3) is 7.86. The third-order valence-electron chi connectivity index (χ3n) is 6.69. The van der Waals surface area contributed by atoms with E-state index < -0.39 is 108 Å². The molecular formula is C28H26F9N5O3. The van der Waals surface area contributed by atoms with Gasteiger partial charge in [-0.25, -0.2) is 22.9 Å². The van der Waals surface area contributed by atoms with Gasteiger partial charge in [-0.15, -0.1) is 0 Å². The lowest BCUT2D eigenvalue weighted by Crippen LogP contribution is -2.45. The van der Waals surface area contributed by atoms with Gasteiger partial charge in [0.25, 0.3) is 0 Å². The summed E-state index contributed by atoms with van der Waals surface area (Å²) >= 11 is 0. The fourth-order valence-electron chi connectivity index (χ4n) is 4.82. The number of nitrogens with one attached hydrogen (secondary N) is 1. The molecule has 0 radical (unpaired) electrons. The van der Waals surface area contributed by atoms with Crippen molar-refractivity contribution in [2.24, 2.45) is 0 Å². The molecule has 17 heteroatoms. The third-order valence-corrected chi connectivity index (χ3v) is 6.69. The lowest BCUT2D eigenvalue weighted by molar-refractivity contribution is -0.148. The Morgan fingerprint density at radius 3 is 2.27 bits per heavy atom. The molecular weight excluding hydrogens is 625 g/mol. The summed E-state index contributed by atoms with van der Waals surface area (Å²) in [5.41, 5.74) is -4.42. The van der Waals surface area contributed by atoms with Gasteiger partial charge < -0.3 is 19.5 Å². The molecule has 1 aliphatic heterocycles. The van der Waals surface area contributed by atoms with Gasteiger partial charge in [-0.3, -0.25) is 9.78 Å². The number of halogens is 9. The second-order valence-electron chi connectivity index (χ2n) is 11.2. The van der Waals surface area contributed by atoms with Gasteiger partial charge >= 0.3 is 18.4 Å². The van der Waals surface area contributed by atoms with E-state index in [4.69, 9.17) is 4.74 Å². The zero-order valence-corrected chi connectivity index (χ0v) is 23.9. The van der Waals surface area contributed by atoms with Crippen LogP contribution in [0.25, 0.3) is 11.3 Å². The number of alkyl carbamates (subject to hydrolysis) is 1. The van der Waals surface area contributed by atoms with Gasteiger partial charge in [0.2, 0.25) is 11.7 Å². The molecule has 1 aliphatic rings. The molecule has 2 aromatic heterocycles. The smallest absolute Gasteiger partial charge is 0.444 e. The number of aromatic nitrogens is 3. The van der Waals surface area contributed by atoms with Crippen LogP contribution in [0.2, 0.25) is 0 Å². The van der Waals surface area contributed by atoms with Crippen LogP contribution in [0.15, 0.2) is 30.6 Å². The predicted octanol–water partition coefficient (Wildman–Crippen LogP) is 6.27. The van der Waals surface area contributed by atoms with Crippen molar-refractivity contribution >= 4 is 12.0 Å². The highest BCUT2D eigenvalue weighted by Gasteiger charge is 2.43. The van der Waals surface area contributed by atoms with Crippen LogP contribution in [-0.4, -0.2) is 49.6 Å². The Balaban J connectivity index is 1.66. The highest BCUT2D eigenvalue weighted by atomic mass is 19.4. The largest absolute Gasteiger partial charge is 0.449 e. The Morgan fingerprint density at radius 2 is 1.64 bits per heavy atom. The Labute approximate surface area is 250 Å². The molecule has 1 N–H and O–H groups in total. The minimum atomic E-state index is -5.04. The first kappa shape index (κ1) is 33.6. The average Bonchev–Trinajstić information content (AvgIpc) is 3.29. The number of amides is 2. The van der Waals surface area contributed by atoms with E-state index >= 15 is 0 Å². The van der Waals surface area contributed by atoms with E-state index in [2.05, 4.69) is 15.3 Å². The summed E-state index contributed by atoms with van der Waals surface area (Å²) in [4.78, 5) is 34.1. The van der Waals surface area contributed by atoms with Crippen molar-refractivity contribution in [2.75, 3.05) is 6.54 Å². The number of alkyl halides is 6. The van der Waals surface area contributed by atoms with E-state index in [9.17, 15) is 49.1 Å². The molecule has 1 unspecified atom stereocenters. The molecule has 0 fully saturated rings. The SMILES string of the molecule is CC(C)(C)OC(=O)NC(CC(=O)N1CCn2c(C(F)(F)F)nc(-c3cnccc3C(F)(F)F)c2C1)Cc1cc(F)c(F)cc1F. The molecule has 3 aromatic rings. The Bertz CT molecular complexity index is 1600. The first-order valence-electron chi connectivity index (χ1n) is 13.3. The zero-order valence-electron chi connectivity index (χ0n) is 23.9. The normalized spacial score (nSPS) is 14.6. The van der Waals surface area contributed by atoms with Crippen LogP contribution in [0, 0.1) is 17.5 Å². The van der Waals surface area contributed by atoms with E-state index in [1.54, 1.807) is 0 Å². The van der Waals surface area contributed by atoms with Crippen molar-refractivity contribution in [3.8, 4) is 11.3 Å². The summed E-state index contributed by atoms with van der Waals surface area (Å²) in [5.74, 6) is -6.28. The maximum atomic E-state index is 14.4. The molecule has 2 amide bonds. The molecule has 0 saturated heterocycles. The predicted molar refractivity (Wildman–Crippen MR) is 139 cm³/mol. The minimum Gasteiger partial charge on any atom is -0.444 e. The zero-order chi connectivity index (χ0) is 33.5. The molecule has 0 spiro atoms. The fraction of sp³-hybridized carbons (Fsp3) is 0.429. The number of fused-ring (bicyclic) bond motifs is 1. The van der Waals surface area contributed by atoms with Crippen molar-refractivity contribution in [3.05, 3.63) is 70.7 Å². The van der Waals surface area contributed by atoms with Crippen molar-refractivity contribution in [2.45, 2.75) is 70.7 Å². The van der Waals surface area contributed by atoms with Crippen LogP contribution in [-0.2, 0) is 41.4 Å². The molecule has 1 aromatic carbocycles. The Hall–Kier alpha value is -4.31. The minimum absolute atomic E-state index is 0.288. The number of carbonyl (C=O) groups is 2. The van der Waals surface area contributed by atoms with Crippen molar-refractivity contribution in [1.82, 2.24) is 24.8 Å². The van der Waals surface area contributed by atoms with E-state index in [0.29, 0.717) is 16.7 Å². The van der Waals surface area contributed by atoms with E-state index in [-0.39, 0.29) is 18.3 Å². The lowest BCUT2D eigenvalue weighted by atomic mass is 10.0. The quantitative estimate of drug-likeness (QED) is 0.251. The number of hydrogen-bond donors (Lipinski definition) is 1. The lowest BCUT2D eigenvalue weighted by Gasteiger charge is -2.31. The van der Waals surface area contributed by atoms with Gasteiger partial charge in [0.1, 0.15) is 11.4 Å². The second kappa shape index (κ2) is 12.2. The molecule has 0 bridgehead atoms. The van der Waals surface area contributed by atoms with E-state index in [1.165, 1.54) is 20.8 Å². The molecule has 1 atom stereocenters. The van der Waals surface area contributed by atoms with Gasteiger partial charge in [0.05, 0.1) is 23.5 Å². The summed E-state index contributed by atoms with van der Waals surface area (Å²) in [6, 6.07) is 0.148. The molecule has 0 saturated carbocycles. The molecule has 4 rings (SSSR count). The molecule has 8 nitrogen and oxygen atoms in total. The van der Waals surface area contributed by atoms with Crippen molar-refractivity contribution < 1.29 is 53.8 Å².